The first kappa shape index (κ1) is 11.6. The molecule has 1 aromatic carbocycles. The van der Waals surface area contributed by atoms with E-state index in [1.807, 2.05) is 0 Å². The number of hydrogen-bond donors (Lipinski definition) is 2. The third kappa shape index (κ3) is 3.27. The van der Waals surface area contributed by atoms with E-state index in [0.717, 1.165) is 19.3 Å². The summed E-state index contributed by atoms with van der Waals surface area (Å²) in [6.45, 7) is 2.07. The van der Waals surface area contributed by atoms with Crippen molar-refractivity contribution in [1.29, 1.82) is 0 Å². The first-order valence-electron chi connectivity index (χ1n) is 5.20. The van der Waals surface area contributed by atoms with Gasteiger partial charge in [-0.15, -0.1) is 0 Å². The standard InChI is InChI=1S/C12H16O3/c1-2-3-4-5-11(14)10-8-9(13)6-7-12(10)15/h6-8,13,15H,2-5H2,1H3. The van der Waals surface area contributed by atoms with Gasteiger partial charge in [0.15, 0.2) is 5.78 Å². The molecule has 0 fully saturated rings. The minimum Gasteiger partial charge on any atom is -0.508 e. The fraction of sp³-hybridized carbons (Fsp3) is 0.417. The second-order valence-electron chi connectivity index (χ2n) is 3.58. The molecule has 0 unspecified atom stereocenters. The van der Waals surface area contributed by atoms with Gasteiger partial charge in [0.2, 0.25) is 0 Å². The third-order valence-corrected chi connectivity index (χ3v) is 2.29. The van der Waals surface area contributed by atoms with Gasteiger partial charge in [0.1, 0.15) is 11.5 Å². The molecule has 82 valence electrons. The van der Waals surface area contributed by atoms with Crippen molar-refractivity contribution in [2.75, 3.05) is 0 Å². The Kier molecular flexibility index (Phi) is 4.16. The van der Waals surface area contributed by atoms with Gasteiger partial charge < -0.3 is 10.2 Å². The number of ketones is 1. The van der Waals surface area contributed by atoms with Crippen LogP contribution in [0.4, 0.5) is 0 Å². The van der Waals surface area contributed by atoms with E-state index in [4.69, 9.17) is 0 Å². The second-order valence-corrected chi connectivity index (χ2v) is 3.58. The van der Waals surface area contributed by atoms with Crippen LogP contribution in [-0.2, 0) is 0 Å². The molecule has 0 aliphatic carbocycles. The van der Waals surface area contributed by atoms with Crippen LogP contribution in [0.1, 0.15) is 43.0 Å². The van der Waals surface area contributed by atoms with Crippen molar-refractivity contribution in [1.82, 2.24) is 0 Å². The summed E-state index contributed by atoms with van der Waals surface area (Å²) in [5.41, 5.74) is 0.214. The lowest BCUT2D eigenvalue weighted by Crippen LogP contribution is -1.99. The van der Waals surface area contributed by atoms with Gasteiger partial charge in [-0.1, -0.05) is 19.8 Å². The Morgan fingerprint density at radius 1 is 1.27 bits per heavy atom. The molecule has 2 N–H and O–H groups in total. The molecule has 0 aromatic heterocycles. The fourth-order valence-corrected chi connectivity index (χ4v) is 1.42. The van der Waals surface area contributed by atoms with E-state index in [1.54, 1.807) is 0 Å². The lowest BCUT2D eigenvalue weighted by atomic mass is 10.0. The summed E-state index contributed by atoms with van der Waals surface area (Å²) in [5, 5.41) is 18.6. The lowest BCUT2D eigenvalue weighted by molar-refractivity contribution is 0.0976. The van der Waals surface area contributed by atoms with Gasteiger partial charge in [-0.2, -0.15) is 0 Å². The van der Waals surface area contributed by atoms with Crippen molar-refractivity contribution in [3.63, 3.8) is 0 Å². The van der Waals surface area contributed by atoms with Crippen LogP contribution in [-0.4, -0.2) is 16.0 Å². The molecule has 1 aromatic rings. The quantitative estimate of drug-likeness (QED) is 0.444. The predicted octanol–water partition coefficient (Wildman–Crippen LogP) is 2.86. The molecule has 0 aliphatic rings. The number of benzene rings is 1. The Labute approximate surface area is 89.4 Å². The van der Waals surface area contributed by atoms with E-state index in [1.165, 1.54) is 18.2 Å². The Hall–Kier alpha value is -1.51. The van der Waals surface area contributed by atoms with Crippen molar-refractivity contribution in [3.05, 3.63) is 23.8 Å². The van der Waals surface area contributed by atoms with Crippen LogP contribution >= 0.6 is 0 Å². The normalized spacial score (nSPS) is 10.2. The van der Waals surface area contributed by atoms with Crippen LogP contribution in [0.5, 0.6) is 11.5 Å². The smallest absolute Gasteiger partial charge is 0.166 e. The van der Waals surface area contributed by atoms with Gasteiger partial charge in [0.05, 0.1) is 5.56 Å². The van der Waals surface area contributed by atoms with Crippen LogP contribution in [0.15, 0.2) is 18.2 Å². The SMILES string of the molecule is CCCCCC(=O)c1cc(O)ccc1O. The summed E-state index contributed by atoms with van der Waals surface area (Å²) in [4.78, 5) is 11.6. The molecule has 0 radical (unpaired) electrons. The molecule has 0 amide bonds. The maximum atomic E-state index is 11.6. The van der Waals surface area contributed by atoms with E-state index in [2.05, 4.69) is 6.92 Å². The maximum Gasteiger partial charge on any atom is 0.166 e. The molecule has 0 saturated heterocycles. The molecular weight excluding hydrogens is 192 g/mol. The molecule has 1 rings (SSSR count). The largest absolute Gasteiger partial charge is 0.508 e. The van der Waals surface area contributed by atoms with Crippen molar-refractivity contribution >= 4 is 5.78 Å². The lowest BCUT2D eigenvalue weighted by Gasteiger charge is -2.03. The molecule has 0 spiro atoms. The molecule has 3 heteroatoms. The number of carbonyl (C=O) groups is 1. The third-order valence-electron chi connectivity index (χ3n) is 2.29. The highest BCUT2D eigenvalue weighted by molar-refractivity contribution is 5.98. The summed E-state index contributed by atoms with van der Waals surface area (Å²) >= 11 is 0. The molecule has 0 aliphatic heterocycles. The van der Waals surface area contributed by atoms with Gasteiger partial charge in [0.25, 0.3) is 0 Å². The van der Waals surface area contributed by atoms with E-state index in [-0.39, 0.29) is 22.8 Å². The van der Waals surface area contributed by atoms with Crippen LogP contribution in [0.2, 0.25) is 0 Å². The van der Waals surface area contributed by atoms with E-state index in [0.29, 0.717) is 6.42 Å². The predicted molar refractivity (Wildman–Crippen MR) is 58.2 cm³/mol. The molecule has 0 bridgehead atoms. The number of phenolic OH excluding ortho intramolecular Hbond substituents is 2. The Balaban J connectivity index is 2.68. The first-order valence-corrected chi connectivity index (χ1v) is 5.20. The summed E-state index contributed by atoms with van der Waals surface area (Å²) in [6, 6.07) is 4.00. The van der Waals surface area contributed by atoms with Crippen molar-refractivity contribution < 1.29 is 15.0 Å². The Morgan fingerprint density at radius 2 is 2.00 bits per heavy atom. The maximum absolute atomic E-state index is 11.6. The van der Waals surface area contributed by atoms with E-state index in [9.17, 15) is 15.0 Å². The summed E-state index contributed by atoms with van der Waals surface area (Å²) in [5.74, 6) is -0.169. The minimum atomic E-state index is -0.114. The zero-order valence-electron chi connectivity index (χ0n) is 8.86. The van der Waals surface area contributed by atoms with Crippen LogP contribution in [0.3, 0.4) is 0 Å². The highest BCUT2D eigenvalue weighted by Crippen LogP contribution is 2.23. The zero-order chi connectivity index (χ0) is 11.3. The van der Waals surface area contributed by atoms with Gasteiger partial charge in [-0.25, -0.2) is 0 Å². The first-order chi connectivity index (χ1) is 7.15. The topological polar surface area (TPSA) is 57.5 Å². The number of rotatable bonds is 5. The number of phenols is 2. The number of aromatic hydroxyl groups is 2. The number of carbonyl (C=O) groups excluding carboxylic acids is 1. The monoisotopic (exact) mass is 208 g/mol. The van der Waals surface area contributed by atoms with Gasteiger partial charge >= 0.3 is 0 Å². The van der Waals surface area contributed by atoms with Gasteiger partial charge in [-0.3, -0.25) is 4.79 Å². The Bertz CT molecular complexity index is 345. The minimum absolute atomic E-state index is 0.00615. The van der Waals surface area contributed by atoms with Crippen molar-refractivity contribution in [3.8, 4) is 11.5 Å². The Morgan fingerprint density at radius 3 is 2.67 bits per heavy atom. The number of Topliss-reactive ketones (excluding diaryl/α,β-unsaturated/α-hetero) is 1. The zero-order valence-corrected chi connectivity index (χ0v) is 8.86. The number of unbranched alkanes of at least 4 members (excludes halogenated alkanes) is 2. The van der Waals surface area contributed by atoms with E-state index < -0.39 is 0 Å². The average molecular weight is 208 g/mol. The summed E-state index contributed by atoms with van der Waals surface area (Å²) < 4.78 is 0. The highest BCUT2D eigenvalue weighted by Gasteiger charge is 2.11. The average Bonchev–Trinajstić information content (AvgIpc) is 2.22. The fourth-order valence-electron chi connectivity index (χ4n) is 1.42. The molecule has 0 atom stereocenters. The molecule has 0 saturated carbocycles. The van der Waals surface area contributed by atoms with Crippen molar-refractivity contribution in [2.24, 2.45) is 0 Å². The van der Waals surface area contributed by atoms with Crippen molar-refractivity contribution in [2.45, 2.75) is 32.6 Å². The van der Waals surface area contributed by atoms with Gasteiger partial charge in [-0.05, 0) is 24.6 Å². The van der Waals surface area contributed by atoms with Crippen LogP contribution in [0, 0.1) is 0 Å². The van der Waals surface area contributed by atoms with Crippen LogP contribution < -0.4 is 0 Å². The van der Waals surface area contributed by atoms with Gasteiger partial charge in [0, 0.05) is 6.42 Å². The molecular formula is C12H16O3. The van der Waals surface area contributed by atoms with Crippen LogP contribution in [0.25, 0.3) is 0 Å². The number of hydrogen-bond acceptors (Lipinski definition) is 3. The second kappa shape index (κ2) is 5.39. The molecule has 3 nitrogen and oxygen atoms in total. The summed E-state index contributed by atoms with van der Waals surface area (Å²) in [6.07, 6.45) is 3.31. The van der Waals surface area contributed by atoms with E-state index >= 15 is 0 Å². The highest BCUT2D eigenvalue weighted by atomic mass is 16.3. The summed E-state index contributed by atoms with van der Waals surface area (Å²) in [7, 11) is 0. The molecule has 15 heavy (non-hydrogen) atoms. The molecule has 0 heterocycles.